The lowest BCUT2D eigenvalue weighted by Crippen LogP contribution is -2.07. The SMILES string of the molecule is CCCCCCCCCCCCCCC(=O)OC1CC1CCCCCCCC. The van der Waals surface area contributed by atoms with Gasteiger partial charge in [-0.05, 0) is 25.2 Å². The van der Waals surface area contributed by atoms with Gasteiger partial charge >= 0.3 is 5.97 Å². The number of carbonyl (C=O) groups excluding carboxylic acids is 1. The molecular weight excluding hydrogens is 344 g/mol. The van der Waals surface area contributed by atoms with Crippen molar-refractivity contribution in [2.24, 2.45) is 5.92 Å². The van der Waals surface area contributed by atoms with Crippen LogP contribution in [0.3, 0.4) is 0 Å². The zero-order valence-electron chi connectivity index (χ0n) is 19.3. The molecule has 0 spiro atoms. The highest BCUT2D eigenvalue weighted by atomic mass is 16.5. The van der Waals surface area contributed by atoms with Gasteiger partial charge in [0.05, 0.1) is 0 Å². The van der Waals surface area contributed by atoms with Crippen molar-refractivity contribution in [1.29, 1.82) is 0 Å². The standard InChI is InChI=1S/C26H50O2/c1-3-5-7-9-11-12-13-14-15-16-18-20-22-26(27)28-25-23-24(25)21-19-17-10-8-6-4-2/h24-25H,3-23H2,1-2H3. The van der Waals surface area contributed by atoms with Crippen LogP contribution in [-0.2, 0) is 9.53 Å². The van der Waals surface area contributed by atoms with Gasteiger partial charge in [-0.1, -0.05) is 123 Å². The van der Waals surface area contributed by atoms with Gasteiger partial charge in [0.15, 0.2) is 0 Å². The molecule has 0 aromatic rings. The maximum atomic E-state index is 11.9. The van der Waals surface area contributed by atoms with Gasteiger partial charge in [0.25, 0.3) is 0 Å². The molecule has 0 bridgehead atoms. The molecule has 0 aromatic heterocycles. The lowest BCUT2D eigenvalue weighted by molar-refractivity contribution is -0.145. The molecule has 1 fully saturated rings. The van der Waals surface area contributed by atoms with Gasteiger partial charge in [0, 0.05) is 6.42 Å². The Morgan fingerprint density at radius 1 is 0.643 bits per heavy atom. The third-order valence-corrected chi connectivity index (χ3v) is 6.30. The van der Waals surface area contributed by atoms with E-state index in [1.165, 1.54) is 116 Å². The predicted octanol–water partition coefficient (Wildman–Crippen LogP) is 8.76. The van der Waals surface area contributed by atoms with Crippen molar-refractivity contribution in [2.75, 3.05) is 0 Å². The van der Waals surface area contributed by atoms with Crippen LogP contribution < -0.4 is 0 Å². The van der Waals surface area contributed by atoms with E-state index in [4.69, 9.17) is 4.74 Å². The zero-order chi connectivity index (χ0) is 20.3. The third-order valence-electron chi connectivity index (χ3n) is 6.30. The molecule has 1 rings (SSSR count). The van der Waals surface area contributed by atoms with E-state index < -0.39 is 0 Å². The first-order valence-corrected chi connectivity index (χ1v) is 13.0. The van der Waals surface area contributed by atoms with Crippen molar-refractivity contribution in [1.82, 2.24) is 0 Å². The first-order valence-electron chi connectivity index (χ1n) is 13.0. The summed E-state index contributed by atoms with van der Waals surface area (Å²) in [5.41, 5.74) is 0. The summed E-state index contributed by atoms with van der Waals surface area (Å²) in [5.74, 6) is 0.736. The topological polar surface area (TPSA) is 26.3 Å². The average Bonchev–Trinajstić information content (AvgIpc) is 3.43. The van der Waals surface area contributed by atoms with Crippen LogP contribution in [0.15, 0.2) is 0 Å². The molecule has 166 valence electrons. The first kappa shape index (κ1) is 25.5. The summed E-state index contributed by atoms with van der Waals surface area (Å²) >= 11 is 0. The Kier molecular flexibility index (Phi) is 16.8. The molecule has 2 unspecified atom stereocenters. The molecule has 0 aliphatic heterocycles. The van der Waals surface area contributed by atoms with E-state index in [0.717, 1.165) is 12.8 Å². The maximum absolute atomic E-state index is 11.9. The van der Waals surface area contributed by atoms with Gasteiger partial charge < -0.3 is 4.74 Å². The van der Waals surface area contributed by atoms with Gasteiger partial charge in [-0.25, -0.2) is 0 Å². The van der Waals surface area contributed by atoms with E-state index in [2.05, 4.69) is 13.8 Å². The number of hydrogen-bond donors (Lipinski definition) is 0. The molecule has 0 saturated heterocycles. The molecule has 2 atom stereocenters. The second-order valence-electron chi connectivity index (χ2n) is 9.22. The Balaban J connectivity index is 1.78. The van der Waals surface area contributed by atoms with Gasteiger partial charge in [0.1, 0.15) is 6.10 Å². The molecule has 2 heteroatoms. The van der Waals surface area contributed by atoms with Crippen LogP contribution in [0.1, 0.15) is 149 Å². The molecule has 0 aromatic carbocycles. The van der Waals surface area contributed by atoms with E-state index in [1.807, 2.05) is 0 Å². The van der Waals surface area contributed by atoms with E-state index >= 15 is 0 Å². The summed E-state index contributed by atoms with van der Waals surface area (Å²) < 4.78 is 5.63. The summed E-state index contributed by atoms with van der Waals surface area (Å²) in [5, 5.41) is 0. The van der Waals surface area contributed by atoms with Crippen molar-refractivity contribution >= 4 is 5.97 Å². The Labute approximate surface area is 176 Å². The molecular formula is C26H50O2. The number of unbranched alkanes of at least 4 members (excludes halogenated alkanes) is 16. The summed E-state index contributed by atoms with van der Waals surface area (Å²) in [6, 6.07) is 0. The molecule has 1 aliphatic rings. The molecule has 0 amide bonds. The fourth-order valence-corrected chi connectivity index (χ4v) is 4.19. The van der Waals surface area contributed by atoms with Crippen LogP contribution in [0.2, 0.25) is 0 Å². The highest BCUT2D eigenvalue weighted by Gasteiger charge is 2.39. The van der Waals surface area contributed by atoms with Crippen LogP contribution in [0.25, 0.3) is 0 Å². The summed E-state index contributed by atoms with van der Waals surface area (Å²) in [7, 11) is 0. The number of carbonyl (C=O) groups is 1. The number of hydrogen-bond acceptors (Lipinski definition) is 2. The smallest absolute Gasteiger partial charge is 0.306 e. The predicted molar refractivity (Wildman–Crippen MR) is 122 cm³/mol. The first-order chi connectivity index (χ1) is 13.8. The fourth-order valence-electron chi connectivity index (χ4n) is 4.19. The van der Waals surface area contributed by atoms with Gasteiger partial charge in [0.2, 0.25) is 0 Å². The minimum Gasteiger partial charge on any atom is -0.462 e. The largest absolute Gasteiger partial charge is 0.462 e. The van der Waals surface area contributed by atoms with Crippen LogP contribution in [0.5, 0.6) is 0 Å². The van der Waals surface area contributed by atoms with Crippen LogP contribution >= 0.6 is 0 Å². The summed E-state index contributed by atoms with van der Waals surface area (Å²) in [4.78, 5) is 11.9. The van der Waals surface area contributed by atoms with Gasteiger partial charge in [-0.15, -0.1) is 0 Å². The van der Waals surface area contributed by atoms with Crippen molar-refractivity contribution in [3.8, 4) is 0 Å². The lowest BCUT2D eigenvalue weighted by Gasteiger charge is -2.05. The molecule has 0 heterocycles. The van der Waals surface area contributed by atoms with Crippen molar-refractivity contribution in [3.05, 3.63) is 0 Å². The minimum absolute atomic E-state index is 0.0579. The number of ether oxygens (including phenoxy) is 1. The van der Waals surface area contributed by atoms with Crippen molar-refractivity contribution < 1.29 is 9.53 Å². The summed E-state index contributed by atoms with van der Waals surface area (Å²) in [6.45, 7) is 4.54. The normalized spacial score (nSPS) is 18.4. The molecule has 2 nitrogen and oxygen atoms in total. The molecule has 1 aliphatic carbocycles. The van der Waals surface area contributed by atoms with Crippen LogP contribution in [0, 0.1) is 5.92 Å². The molecule has 28 heavy (non-hydrogen) atoms. The number of rotatable bonds is 21. The Hall–Kier alpha value is -0.530. The van der Waals surface area contributed by atoms with Gasteiger partial charge in [-0.3, -0.25) is 4.79 Å². The van der Waals surface area contributed by atoms with Crippen molar-refractivity contribution in [2.45, 2.75) is 155 Å². The van der Waals surface area contributed by atoms with E-state index in [1.54, 1.807) is 0 Å². The quantitative estimate of drug-likeness (QED) is 0.144. The second-order valence-corrected chi connectivity index (χ2v) is 9.22. The summed E-state index contributed by atoms with van der Waals surface area (Å²) in [6.07, 6.45) is 27.5. The molecule has 0 radical (unpaired) electrons. The Morgan fingerprint density at radius 2 is 1.07 bits per heavy atom. The highest BCUT2D eigenvalue weighted by molar-refractivity contribution is 5.69. The molecule has 1 saturated carbocycles. The second kappa shape index (κ2) is 18.5. The minimum atomic E-state index is 0.0579. The fraction of sp³-hybridized carbons (Fsp3) is 0.962. The monoisotopic (exact) mass is 394 g/mol. The maximum Gasteiger partial charge on any atom is 0.306 e. The van der Waals surface area contributed by atoms with E-state index in [0.29, 0.717) is 12.3 Å². The van der Waals surface area contributed by atoms with Crippen LogP contribution in [-0.4, -0.2) is 12.1 Å². The highest BCUT2D eigenvalue weighted by Crippen LogP contribution is 2.38. The van der Waals surface area contributed by atoms with Crippen LogP contribution in [0.4, 0.5) is 0 Å². The Morgan fingerprint density at radius 3 is 1.57 bits per heavy atom. The Bertz CT molecular complexity index is 352. The number of esters is 1. The van der Waals surface area contributed by atoms with E-state index in [-0.39, 0.29) is 12.1 Å². The van der Waals surface area contributed by atoms with Gasteiger partial charge in [-0.2, -0.15) is 0 Å². The average molecular weight is 395 g/mol. The molecule has 0 N–H and O–H groups in total. The van der Waals surface area contributed by atoms with E-state index in [9.17, 15) is 4.79 Å². The van der Waals surface area contributed by atoms with Crippen molar-refractivity contribution in [3.63, 3.8) is 0 Å². The lowest BCUT2D eigenvalue weighted by atomic mass is 10.0. The third kappa shape index (κ3) is 15.4. The zero-order valence-corrected chi connectivity index (χ0v) is 19.3.